The van der Waals surface area contributed by atoms with Crippen molar-refractivity contribution in [2.75, 3.05) is 32.8 Å². The Morgan fingerprint density at radius 3 is 2.83 bits per heavy atom. The number of rotatable bonds is 7. The molecule has 0 radical (unpaired) electrons. The van der Waals surface area contributed by atoms with Crippen molar-refractivity contribution in [1.82, 2.24) is 10.2 Å². The second-order valence-corrected chi connectivity index (χ2v) is 6.12. The maximum absolute atomic E-state index is 5.70. The van der Waals surface area contributed by atoms with Crippen molar-refractivity contribution in [1.29, 1.82) is 0 Å². The van der Waals surface area contributed by atoms with Crippen molar-refractivity contribution in [2.24, 2.45) is 5.92 Å². The number of nitrogens with one attached hydrogen (secondary N) is 1. The van der Waals surface area contributed by atoms with Gasteiger partial charge in [-0.05, 0) is 52.1 Å². The molecule has 1 rings (SSSR count). The molecule has 0 amide bonds. The van der Waals surface area contributed by atoms with Crippen molar-refractivity contribution < 1.29 is 4.74 Å². The van der Waals surface area contributed by atoms with Gasteiger partial charge in [-0.1, -0.05) is 13.8 Å². The van der Waals surface area contributed by atoms with Crippen LogP contribution >= 0.6 is 0 Å². The van der Waals surface area contributed by atoms with E-state index in [2.05, 4.69) is 37.9 Å². The van der Waals surface area contributed by atoms with E-state index in [4.69, 9.17) is 4.74 Å². The molecule has 0 bridgehead atoms. The molecule has 0 aliphatic carbocycles. The van der Waals surface area contributed by atoms with Crippen LogP contribution in [0.15, 0.2) is 0 Å². The van der Waals surface area contributed by atoms with Gasteiger partial charge in [-0.2, -0.15) is 0 Å². The summed E-state index contributed by atoms with van der Waals surface area (Å²) in [5, 5.41) is 3.52. The molecular formula is C15H32N2O. The van der Waals surface area contributed by atoms with E-state index >= 15 is 0 Å². The predicted octanol–water partition coefficient (Wildman–Crippen LogP) is 2.51. The van der Waals surface area contributed by atoms with E-state index in [0.717, 1.165) is 32.2 Å². The largest absolute Gasteiger partial charge is 0.377 e. The van der Waals surface area contributed by atoms with Gasteiger partial charge in [-0.15, -0.1) is 0 Å². The first-order valence-corrected chi connectivity index (χ1v) is 7.66. The van der Waals surface area contributed by atoms with Crippen LogP contribution in [-0.4, -0.2) is 49.8 Å². The Morgan fingerprint density at radius 1 is 1.33 bits per heavy atom. The van der Waals surface area contributed by atoms with Crippen LogP contribution in [0.3, 0.4) is 0 Å². The average molecular weight is 256 g/mol. The van der Waals surface area contributed by atoms with Crippen LogP contribution in [0.25, 0.3) is 0 Å². The van der Waals surface area contributed by atoms with Crippen LogP contribution < -0.4 is 5.32 Å². The molecule has 3 nitrogen and oxygen atoms in total. The average Bonchev–Trinajstić information content (AvgIpc) is 2.53. The van der Waals surface area contributed by atoms with Crippen molar-refractivity contribution >= 4 is 0 Å². The van der Waals surface area contributed by atoms with Gasteiger partial charge in [-0.3, -0.25) is 4.90 Å². The highest BCUT2D eigenvalue weighted by Gasteiger charge is 2.19. The number of hydrogen-bond donors (Lipinski definition) is 1. The van der Waals surface area contributed by atoms with Gasteiger partial charge in [-0.25, -0.2) is 0 Å². The highest BCUT2D eigenvalue weighted by molar-refractivity contribution is 4.73. The highest BCUT2D eigenvalue weighted by Crippen LogP contribution is 2.12. The molecule has 18 heavy (non-hydrogen) atoms. The molecule has 0 aromatic heterocycles. The van der Waals surface area contributed by atoms with Gasteiger partial charge in [0, 0.05) is 25.7 Å². The molecule has 0 spiro atoms. The Labute approximate surface area is 113 Å². The topological polar surface area (TPSA) is 24.5 Å². The van der Waals surface area contributed by atoms with Gasteiger partial charge in [0.15, 0.2) is 0 Å². The van der Waals surface area contributed by atoms with E-state index in [1.165, 1.54) is 25.8 Å². The Bertz CT molecular complexity index is 209. The first kappa shape index (κ1) is 15.9. The van der Waals surface area contributed by atoms with E-state index in [-0.39, 0.29) is 0 Å². The molecule has 108 valence electrons. The molecule has 0 aromatic carbocycles. The Balaban J connectivity index is 2.12. The molecule has 1 fully saturated rings. The quantitative estimate of drug-likeness (QED) is 0.708. The fourth-order valence-corrected chi connectivity index (χ4v) is 2.52. The summed E-state index contributed by atoms with van der Waals surface area (Å²) in [5.74, 6) is 0.756. The van der Waals surface area contributed by atoms with Crippen LogP contribution in [0.1, 0.15) is 47.0 Å². The number of nitrogens with zero attached hydrogens (tertiary/aromatic N) is 1. The second-order valence-electron chi connectivity index (χ2n) is 6.12. The van der Waals surface area contributed by atoms with Gasteiger partial charge in [0.2, 0.25) is 0 Å². The molecule has 1 aliphatic heterocycles. The highest BCUT2D eigenvalue weighted by atomic mass is 16.5. The van der Waals surface area contributed by atoms with Crippen LogP contribution in [-0.2, 0) is 4.74 Å². The van der Waals surface area contributed by atoms with Gasteiger partial charge >= 0.3 is 0 Å². The van der Waals surface area contributed by atoms with Crippen molar-refractivity contribution in [3.05, 3.63) is 0 Å². The zero-order chi connectivity index (χ0) is 13.4. The van der Waals surface area contributed by atoms with Gasteiger partial charge in [0.05, 0.1) is 6.10 Å². The lowest BCUT2D eigenvalue weighted by Gasteiger charge is -2.28. The maximum atomic E-state index is 5.70. The summed E-state index contributed by atoms with van der Waals surface area (Å²) < 4.78 is 5.70. The third-order valence-corrected chi connectivity index (χ3v) is 3.64. The minimum absolute atomic E-state index is 0.397. The lowest BCUT2D eigenvalue weighted by Crippen LogP contribution is -2.38. The molecule has 1 heterocycles. The fourth-order valence-electron chi connectivity index (χ4n) is 2.52. The van der Waals surface area contributed by atoms with Gasteiger partial charge in [0.25, 0.3) is 0 Å². The first-order chi connectivity index (χ1) is 8.59. The number of hydrogen-bond acceptors (Lipinski definition) is 3. The van der Waals surface area contributed by atoms with Crippen LogP contribution in [0, 0.1) is 5.92 Å². The SMILES string of the molecule is CC(C)CNCCCC(C)N1CCCOC(C)C1. The third-order valence-electron chi connectivity index (χ3n) is 3.64. The van der Waals surface area contributed by atoms with Crippen LogP contribution in [0.5, 0.6) is 0 Å². The summed E-state index contributed by atoms with van der Waals surface area (Å²) in [5.41, 5.74) is 0. The van der Waals surface area contributed by atoms with E-state index in [1.807, 2.05) is 0 Å². The zero-order valence-electron chi connectivity index (χ0n) is 12.7. The number of ether oxygens (including phenoxy) is 1. The first-order valence-electron chi connectivity index (χ1n) is 7.66. The van der Waals surface area contributed by atoms with Crippen LogP contribution in [0.4, 0.5) is 0 Å². The van der Waals surface area contributed by atoms with Gasteiger partial charge < -0.3 is 10.1 Å². The van der Waals surface area contributed by atoms with E-state index in [9.17, 15) is 0 Å². The summed E-state index contributed by atoms with van der Waals surface area (Å²) >= 11 is 0. The molecule has 2 unspecified atom stereocenters. The van der Waals surface area contributed by atoms with E-state index in [0.29, 0.717) is 12.1 Å². The Kier molecular flexibility index (Phi) is 7.87. The van der Waals surface area contributed by atoms with Gasteiger partial charge in [0.1, 0.15) is 0 Å². The Morgan fingerprint density at radius 2 is 2.11 bits per heavy atom. The van der Waals surface area contributed by atoms with E-state index < -0.39 is 0 Å². The summed E-state index contributed by atoms with van der Waals surface area (Å²) in [4.78, 5) is 2.60. The molecule has 0 aromatic rings. The minimum Gasteiger partial charge on any atom is -0.377 e. The monoisotopic (exact) mass is 256 g/mol. The summed E-state index contributed by atoms with van der Waals surface area (Å²) in [6.07, 6.45) is 4.14. The standard InChI is InChI=1S/C15H32N2O/c1-13(2)11-16-8-5-7-14(3)17-9-6-10-18-15(4)12-17/h13-16H,5-12H2,1-4H3. The van der Waals surface area contributed by atoms with Crippen molar-refractivity contribution in [3.8, 4) is 0 Å². The normalized spacial score (nSPS) is 24.2. The summed E-state index contributed by atoms with van der Waals surface area (Å²) in [6, 6.07) is 0.690. The minimum atomic E-state index is 0.397. The maximum Gasteiger partial charge on any atom is 0.0673 e. The smallest absolute Gasteiger partial charge is 0.0673 e. The lowest BCUT2D eigenvalue weighted by atomic mass is 10.1. The Hall–Kier alpha value is -0.120. The molecule has 2 atom stereocenters. The lowest BCUT2D eigenvalue weighted by molar-refractivity contribution is 0.0611. The zero-order valence-corrected chi connectivity index (χ0v) is 12.7. The second kappa shape index (κ2) is 8.89. The molecule has 1 aliphatic rings. The molecule has 3 heteroatoms. The summed E-state index contributed by atoms with van der Waals surface area (Å²) in [7, 11) is 0. The molecule has 0 saturated carbocycles. The van der Waals surface area contributed by atoms with E-state index in [1.54, 1.807) is 0 Å². The molecule has 1 saturated heterocycles. The molecule has 1 N–H and O–H groups in total. The van der Waals surface area contributed by atoms with Crippen molar-refractivity contribution in [2.45, 2.75) is 59.1 Å². The summed E-state index contributed by atoms with van der Waals surface area (Å²) in [6.45, 7) is 14.6. The van der Waals surface area contributed by atoms with Crippen molar-refractivity contribution in [3.63, 3.8) is 0 Å². The predicted molar refractivity (Wildman–Crippen MR) is 78.0 cm³/mol. The molecular weight excluding hydrogens is 224 g/mol. The third kappa shape index (κ3) is 6.72. The van der Waals surface area contributed by atoms with Crippen LogP contribution in [0.2, 0.25) is 0 Å². The fraction of sp³-hybridized carbons (Fsp3) is 1.00.